The van der Waals surface area contributed by atoms with Gasteiger partial charge in [-0.3, -0.25) is 4.79 Å². The molecule has 1 N–H and O–H groups in total. The number of fused-ring (bicyclic) bond motifs is 3. The van der Waals surface area contributed by atoms with Crippen LogP contribution >= 0.6 is 0 Å². The summed E-state index contributed by atoms with van der Waals surface area (Å²) in [5, 5.41) is 14.5. The van der Waals surface area contributed by atoms with Crippen LogP contribution in [0.5, 0.6) is 5.75 Å². The van der Waals surface area contributed by atoms with Gasteiger partial charge in [0.2, 0.25) is 0 Å². The van der Waals surface area contributed by atoms with Crippen molar-refractivity contribution in [2.24, 2.45) is 0 Å². The van der Waals surface area contributed by atoms with E-state index in [0.29, 0.717) is 23.3 Å². The molecule has 0 spiro atoms. The first-order chi connectivity index (χ1) is 13.8. The van der Waals surface area contributed by atoms with Crippen LogP contribution in [-0.4, -0.2) is 24.0 Å². The minimum atomic E-state index is -1.32. The minimum absolute atomic E-state index is 0.284. The van der Waals surface area contributed by atoms with Crippen LogP contribution in [0, 0.1) is 6.92 Å². The molecular weight excluding hydrogens is 374 g/mol. The monoisotopic (exact) mass is 400 g/mol. The van der Waals surface area contributed by atoms with Crippen molar-refractivity contribution in [3.05, 3.63) is 39.2 Å². The molecule has 2 atom stereocenters. The standard InChI is InChI=1S/C22H27NO6/c1-4-7-17(21(25)26)23-20(24)13(3)28-18-11-10-15-14-8-5-6-9-16(14)22(27)29-19(15)12(18)2/h10-11,13,17H,4-9H2,1-3H3,(H,23,24)(H,25,26)/p-1/t13-,17+/m1/s1. The van der Waals surface area contributed by atoms with Gasteiger partial charge in [0.1, 0.15) is 11.3 Å². The fourth-order valence-electron chi connectivity index (χ4n) is 3.82. The highest BCUT2D eigenvalue weighted by molar-refractivity contribution is 5.87. The third-order valence-corrected chi connectivity index (χ3v) is 5.44. The minimum Gasteiger partial charge on any atom is -0.548 e. The molecule has 1 aromatic carbocycles. The first-order valence-electron chi connectivity index (χ1n) is 10.1. The molecule has 2 aromatic rings. The van der Waals surface area contributed by atoms with Crippen LogP contribution in [0.4, 0.5) is 0 Å². The lowest BCUT2D eigenvalue weighted by Crippen LogP contribution is -2.51. The van der Waals surface area contributed by atoms with Crippen molar-refractivity contribution < 1.29 is 23.8 Å². The summed E-state index contributed by atoms with van der Waals surface area (Å²) >= 11 is 0. The summed E-state index contributed by atoms with van der Waals surface area (Å²) in [7, 11) is 0. The topological polar surface area (TPSA) is 109 Å². The van der Waals surface area contributed by atoms with Crippen LogP contribution in [0.3, 0.4) is 0 Å². The van der Waals surface area contributed by atoms with Gasteiger partial charge < -0.3 is 24.4 Å². The van der Waals surface area contributed by atoms with E-state index in [1.165, 1.54) is 0 Å². The van der Waals surface area contributed by atoms with Gasteiger partial charge >= 0.3 is 5.63 Å². The Balaban J connectivity index is 1.85. The van der Waals surface area contributed by atoms with E-state index in [2.05, 4.69) is 5.32 Å². The van der Waals surface area contributed by atoms with Crippen LogP contribution in [0.1, 0.15) is 56.2 Å². The van der Waals surface area contributed by atoms with Crippen LogP contribution in [-0.2, 0) is 22.4 Å². The lowest BCUT2D eigenvalue weighted by atomic mass is 9.90. The molecule has 1 heterocycles. The van der Waals surface area contributed by atoms with Gasteiger partial charge in [0.15, 0.2) is 6.10 Å². The Morgan fingerprint density at radius 3 is 2.59 bits per heavy atom. The second-order valence-electron chi connectivity index (χ2n) is 7.55. The van der Waals surface area contributed by atoms with Crippen LogP contribution in [0.25, 0.3) is 11.0 Å². The second-order valence-corrected chi connectivity index (χ2v) is 7.55. The molecule has 1 aliphatic carbocycles. The Hall–Kier alpha value is -2.83. The highest BCUT2D eigenvalue weighted by Gasteiger charge is 2.23. The number of hydrogen-bond donors (Lipinski definition) is 1. The smallest absolute Gasteiger partial charge is 0.339 e. The van der Waals surface area contributed by atoms with E-state index < -0.39 is 24.0 Å². The highest BCUT2D eigenvalue weighted by Crippen LogP contribution is 2.32. The molecule has 3 rings (SSSR count). The molecule has 0 saturated carbocycles. The van der Waals surface area contributed by atoms with Crippen LogP contribution in [0.15, 0.2) is 21.3 Å². The average molecular weight is 400 g/mol. The summed E-state index contributed by atoms with van der Waals surface area (Å²) in [5.41, 5.74) is 2.60. The fourth-order valence-corrected chi connectivity index (χ4v) is 3.82. The SMILES string of the molecule is CCC[C@H](NC(=O)[C@@H](C)Oc1ccc2c3c(c(=O)oc2c1C)CCCC3)C(=O)[O-]. The Morgan fingerprint density at radius 2 is 1.93 bits per heavy atom. The van der Waals surface area contributed by atoms with Gasteiger partial charge in [-0.25, -0.2) is 4.79 Å². The van der Waals surface area contributed by atoms with E-state index in [4.69, 9.17) is 9.15 Å². The quantitative estimate of drug-likeness (QED) is 0.710. The number of nitrogens with one attached hydrogen (secondary N) is 1. The number of benzene rings is 1. The van der Waals surface area contributed by atoms with Gasteiger partial charge in [-0.2, -0.15) is 0 Å². The van der Waals surface area contributed by atoms with E-state index in [0.717, 1.165) is 42.2 Å². The van der Waals surface area contributed by atoms with Crippen molar-refractivity contribution in [1.29, 1.82) is 0 Å². The molecule has 0 fully saturated rings. The molecule has 0 radical (unpaired) electrons. The van der Waals surface area contributed by atoms with Crippen molar-refractivity contribution in [2.45, 2.75) is 71.4 Å². The number of aliphatic carboxylic acids is 1. The Morgan fingerprint density at radius 1 is 1.24 bits per heavy atom. The molecule has 7 heteroatoms. The van der Waals surface area contributed by atoms with Crippen molar-refractivity contribution in [3.63, 3.8) is 0 Å². The predicted molar refractivity (Wildman–Crippen MR) is 106 cm³/mol. The Kier molecular flexibility index (Phi) is 6.25. The number of hydrogen-bond acceptors (Lipinski definition) is 6. The number of amides is 1. The van der Waals surface area contributed by atoms with Crippen molar-refractivity contribution in [3.8, 4) is 5.75 Å². The molecule has 7 nitrogen and oxygen atoms in total. The molecule has 29 heavy (non-hydrogen) atoms. The van der Waals surface area contributed by atoms with Crippen molar-refractivity contribution in [1.82, 2.24) is 5.32 Å². The van der Waals surface area contributed by atoms with Gasteiger partial charge in [-0.15, -0.1) is 0 Å². The van der Waals surface area contributed by atoms with Gasteiger partial charge in [0, 0.05) is 16.5 Å². The summed E-state index contributed by atoms with van der Waals surface area (Å²) in [6.45, 7) is 5.15. The van der Waals surface area contributed by atoms with E-state index >= 15 is 0 Å². The average Bonchev–Trinajstić information content (AvgIpc) is 2.70. The zero-order valence-electron chi connectivity index (χ0n) is 17.0. The Labute approximate surface area is 169 Å². The molecular formula is C22H26NO6-. The van der Waals surface area contributed by atoms with E-state index in [-0.39, 0.29) is 12.0 Å². The molecule has 0 unspecified atom stereocenters. The third kappa shape index (κ3) is 4.28. The molecule has 156 valence electrons. The zero-order valence-corrected chi connectivity index (χ0v) is 17.0. The van der Waals surface area contributed by atoms with Crippen molar-refractivity contribution >= 4 is 22.8 Å². The maximum Gasteiger partial charge on any atom is 0.339 e. The predicted octanol–water partition coefficient (Wildman–Crippen LogP) is 1.78. The fraction of sp³-hybridized carbons (Fsp3) is 0.500. The second kappa shape index (κ2) is 8.68. The van der Waals surface area contributed by atoms with Crippen LogP contribution in [0.2, 0.25) is 0 Å². The summed E-state index contributed by atoms with van der Waals surface area (Å²) in [5.74, 6) is -1.44. The van der Waals surface area contributed by atoms with Gasteiger partial charge in [0.05, 0.1) is 12.0 Å². The highest BCUT2D eigenvalue weighted by atomic mass is 16.5. The summed E-state index contributed by atoms with van der Waals surface area (Å²) in [4.78, 5) is 35.9. The van der Waals surface area contributed by atoms with Crippen LogP contribution < -0.4 is 20.8 Å². The summed E-state index contributed by atoms with van der Waals surface area (Å²) in [6.07, 6.45) is 3.57. The van der Waals surface area contributed by atoms with Gasteiger partial charge in [-0.1, -0.05) is 13.3 Å². The number of carbonyl (C=O) groups excluding carboxylic acids is 2. The third-order valence-electron chi connectivity index (χ3n) is 5.44. The van der Waals surface area contributed by atoms with E-state index in [9.17, 15) is 19.5 Å². The number of carboxylic acid groups (broad SMARTS) is 1. The largest absolute Gasteiger partial charge is 0.548 e. The molecule has 1 aromatic heterocycles. The first-order valence-corrected chi connectivity index (χ1v) is 10.1. The maximum absolute atomic E-state index is 12.4. The Bertz CT molecular complexity index is 993. The number of rotatable bonds is 7. The molecule has 0 saturated heterocycles. The van der Waals surface area contributed by atoms with E-state index in [1.807, 2.05) is 13.0 Å². The number of carbonyl (C=O) groups is 2. The lowest BCUT2D eigenvalue weighted by molar-refractivity contribution is -0.308. The number of aryl methyl sites for hydroxylation is 2. The molecule has 1 amide bonds. The summed E-state index contributed by atoms with van der Waals surface area (Å²) in [6, 6.07) is 2.57. The van der Waals surface area contributed by atoms with Gasteiger partial charge in [0.25, 0.3) is 5.91 Å². The van der Waals surface area contributed by atoms with E-state index in [1.54, 1.807) is 19.9 Å². The zero-order chi connectivity index (χ0) is 21.1. The number of ether oxygens (including phenoxy) is 1. The maximum atomic E-state index is 12.4. The number of carboxylic acids is 1. The van der Waals surface area contributed by atoms with Crippen molar-refractivity contribution in [2.75, 3.05) is 0 Å². The lowest BCUT2D eigenvalue weighted by Gasteiger charge is -2.23. The summed E-state index contributed by atoms with van der Waals surface area (Å²) < 4.78 is 11.3. The normalized spacial score (nSPS) is 15.4. The molecule has 0 bridgehead atoms. The molecule has 0 aliphatic heterocycles. The van der Waals surface area contributed by atoms with Gasteiger partial charge in [-0.05, 0) is 63.6 Å². The first kappa shape index (κ1) is 20.9. The molecule has 1 aliphatic rings.